The van der Waals surface area contributed by atoms with Crippen LogP contribution in [-0.4, -0.2) is 36.2 Å². The summed E-state index contributed by atoms with van der Waals surface area (Å²) in [4.78, 5) is 5.94. The Morgan fingerprint density at radius 1 is 1.25 bits per heavy atom. The predicted molar refractivity (Wildman–Crippen MR) is 55.5 cm³/mol. The van der Waals surface area contributed by atoms with Gasteiger partial charge in [-0.05, 0) is 25.3 Å². The molecule has 0 fully saturated rings. The molecule has 0 saturated heterocycles. The van der Waals surface area contributed by atoms with Gasteiger partial charge in [0, 0.05) is 0 Å². The second-order valence-corrected chi connectivity index (χ2v) is 2.41. The number of isothiocyanates is 1. The lowest BCUT2D eigenvalue weighted by Gasteiger charge is -2.12. The van der Waals surface area contributed by atoms with Gasteiger partial charge in [-0.15, -0.1) is 0 Å². The SMILES string of the molecule is CCN(CC)CC#CCN=C=S. The van der Waals surface area contributed by atoms with Crippen LogP contribution in [0.3, 0.4) is 0 Å². The van der Waals surface area contributed by atoms with Crippen molar-refractivity contribution in [1.82, 2.24) is 4.90 Å². The summed E-state index contributed by atoms with van der Waals surface area (Å²) in [5.74, 6) is 5.92. The molecule has 0 aliphatic rings. The van der Waals surface area contributed by atoms with Crippen LogP contribution in [0.25, 0.3) is 0 Å². The zero-order valence-corrected chi connectivity index (χ0v) is 8.45. The molecular weight excluding hydrogens is 168 g/mol. The lowest BCUT2D eigenvalue weighted by molar-refractivity contribution is 0.342. The van der Waals surface area contributed by atoms with Crippen molar-refractivity contribution in [2.75, 3.05) is 26.2 Å². The fourth-order valence-electron chi connectivity index (χ4n) is 0.743. The zero-order valence-electron chi connectivity index (χ0n) is 7.63. The van der Waals surface area contributed by atoms with E-state index < -0.39 is 0 Å². The highest BCUT2D eigenvalue weighted by molar-refractivity contribution is 7.78. The summed E-state index contributed by atoms with van der Waals surface area (Å²) in [6.07, 6.45) is 0. The molecule has 66 valence electrons. The van der Waals surface area contributed by atoms with E-state index in [1.54, 1.807) is 0 Å². The largest absolute Gasteiger partial charge is 0.293 e. The van der Waals surface area contributed by atoms with Gasteiger partial charge in [-0.25, -0.2) is 4.99 Å². The summed E-state index contributed by atoms with van der Waals surface area (Å²) in [7, 11) is 0. The Balaban J connectivity index is 3.60. The van der Waals surface area contributed by atoms with Gasteiger partial charge in [0.15, 0.2) is 0 Å². The van der Waals surface area contributed by atoms with Crippen LogP contribution in [0.1, 0.15) is 13.8 Å². The minimum atomic E-state index is 0.477. The number of rotatable bonds is 4. The molecule has 0 spiro atoms. The predicted octanol–water partition coefficient (Wildman–Crippen LogP) is 1.43. The Hall–Kier alpha value is -0.680. The third kappa shape index (κ3) is 6.06. The van der Waals surface area contributed by atoms with Crippen molar-refractivity contribution in [2.24, 2.45) is 4.99 Å². The third-order valence-corrected chi connectivity index (χ3v) is 1.67. The first-order valence-electron chi connectivity index (χ1n) is 4.06. The summed E-state index contributed by atoms with van der Waals surface area (Å²) >= 11 is 4.40. The highest BCUT2D eigenvalue weighted by Gasteiger charge is 1.92. The Labute approximate surface area is 79.7 Å². The van der Waals surface area contributed by atoms with E-state index in [1.807, 2.05) is 0 Å². The molecule has 0 radical (unpaired) electrons. The monoisotopic (exact) mass is 182 g/mol. The summed E-state index contributed by atoms with van der Waals surface area (Å²) in [6, 6.07) is 0. The lowest BCUT2D eigenvalue weighted by Crippen LogP contribution is -2.22. The van der Waals surface area contributed by atoms with E-state index in [-0.39, 0.29) is 0 Å². The molecule has 0 rings (SSSR count). The van der Waals surface area contributed by atoms with Crippen molar-refractivity contribution in [3.63, 3.8) is 0 Å². The lowest BCUT2D eigenvalue weighted by atomic mass is 10.4. The minimum absolute atomic E-state index is 0.477. The molecule has 0 N–H and O–H groups in total. The van der Waals surface area contributed by atoms with Crippen LogP contribution in [0.4, 0.5) is 0 Å². The first kappa shape index (κ1) is 11.3. The molecule has 0 unspecified atom stereocenters. The van der Waals surface area contributed by atoms with Crippen LogP contribution >= 0.6 is 12.2 Å². The first-order chi connectivity index (χ1) is 5.85. The number of nitrogens with zero attached hydrogens (tertiary/aromatic N) is 2. The van der Waals surface area contributed by atoms with Gasteiger partial charge in [0.05, 0.1) is 11.7 Å². The van der Waals surface area contributed by atoms with Crippen molar-refractivity contribution in [3.05, 3.63) is 0 Å². The van der Waals surface area contributed by atoms with E-state index >= 15 is 0 Å². The fourth-order valence-corrected chi connectivity index (χ4v) is 0.807. The summed E-state index contributed by atoms with van der Waals surface area (Å²) in [6.45, 7) is 7.63. The van der Waals surface area contributed by atoms with Gasteiger partial charge in [-0.3, -0.25) is 4.90 Å². The molecular formula is C9H14N2S. The highest BCUT2D eigenvalue weighted by Crippen LogP contribution is 1.83. The van der Waals surface area contributed by atoms with Crippen LogP contribution in [0.5, 0.6) is 0 Å². The zero-order chi connectivity index (χ0) is 9.23. The van der Waals surface area contributed by atoms with Crippen LogP contribution in [-0.2, 0) is 0 Å². The van der Waals surface area contributed by atoms with Crippen molar-refractivity contribution >= 4 is 17.4 Å². The first-order valence-corrected chi connectivity index (χ1v) is 4.47. The van der Waals surface area contributed by atoms with Gasteiger partial charge in [-0.1, -0.05) is 25.7 Å². The van der Waals surface area contributed by atoms with Gasteiger partial charge < -0.3 is 0 Å². The normalized spacial score (nSPS) is 8.58. The summed E-state index contributed by atoms with van der Waals surface area (Å²) in [5, 5.41) is 2.28. The molecule has 12 heavy (non-hydrogen) atoms. The topological polar surface area (TPSA) is 15.6 Å². The van der Waals surface area contributed by atoms with E-state index in [9.17, 15) is 0 Å². The standard InChI is InChI=1S/C9H14N2S/c1-3-11(4-2)8-6-5-7-10-9-12/h3-4,7-8H2,1-2H3. The molecule has 0 bridgehead atoms. The van der Waals surface area contributed by atoms with Gasteiger partial charge in [0.2, 0.25) is 0 Å². The molecule has 0 aliphatic heterocycles. The van der Waals surface area contributed by atoms with E-state index in [2.05, 4.69) is 53.0 Å². The van der Waals surface area contributed by atoms with E-state index in [1.165, 1.54) is 0 Å². The van der Waals surface area contributed by atoms with Crippen molar-refractivity contribution in [1.29, 1.82) is 0 Å². The second-order valence-electron chi connectivity index (χ2n) is 2.22. The Morgan fingerprint density at radius 2 is 1.92 bits per heavy atom. The number of aliphatic imine (C=N–C) groups is 1. The average Bonchev–Trinajstić information content (AvgIpc) is 2.11. The Bertz CT molecular complexity index is 204. The van der Waals surface area contributed by atoms with Crippen LogP contribution in [0, 0.1) is 11.8 Å². The molecule has 0 aromatic rings. The summed E-state index contributed by atoms with van der Waals surface area (Å²) < 4.78 is 0. The van der Waals surface area contributed by atoms with Crippen LogP contribution in [0.15, 0.2) is 4.99 Å². The molecule has 0 aromatic carbocycles. The van der Waals surface area contributed by atoms with Crippen LogP contribution in [0.2, 0.25) is 0 Å². The van der Waals surface area contributed by atoms with E-state index in [4.69, 9.17) is 0 Å². The molecule has 2 nitrogen and oxygen atoms in total. The van der Waals surface area contributed by atoms with Gasteiger partial charge in [0.1, 0.15) is 6.54 Å². The molecule has 0 saturated carbocycles. The van der Waals surface area contributed by atoms with Gasteiger partial charge in [-0.2, -0.15) is 0 Å². The fraction of sp³-hybridized carbons (Fsp3) is 0.667. The molecule has 0 heterocycles. The van der Waals surface area contributed by atoms with Crippen molar-refractivity contribution in [2.45, 2.75) is 13.8 Å². The number of thiocarbonyl (C=S) groups is 1. The maximum Gasteiger partial charge on any atom is 0.110 e. The minimum Gasteiger partial charge on any atom is -0.293 e. The molecule has 3 heteroatoms. The third-order valence-electron chi connectivity index (χ3n) is 1.54. The Morgan fingerprint density at radius 3 is 2.42 bits per heavy atom. The highest BCUT2D eigenvalue weighted by atomic mass is 32.1. The van der Waals surface area contributed by atoms with E-state index in [0.717, 1.165) is 19.6 Å². The molecule has 0 amide bonds. The number of hydrogen-bond donors (Lipinski definition) is 0. The molecule has 0 atom stereocenters. The maximum absolute atomic E-state index is 4.40. The van der Waals surface area contributed by atoms with Gasteiger partial charge in [0.25, 0.3) is 0 Å². The molecule has 0 aliphatic carbocycles. The van der Waals surface area contributed by atoms with Crippen LogP contribution < -0.4 is 0 Å². The Kier molecular flexibility index (Phi) is 7.94. The van der Waals surface area contributed by atoms with Gasteiger partial charge >= 0.3 is 0 Å². The quantitative estimate of drug-likeness (QED) is 0.371. The molecule has 0 aromatic heterocycles. The van der Waals surface area contributed by atoms with E-state index in [0.29, 0.717) is 6.54 Å². The van der Waals surface area contributed by atoms with Crippen molar-refractivity contribution < 1.29 is 0 Å². The van der Waals surface area contributed by atoms with Crippen molar-refractivity contribution in [3.8, 4) is 11.8 Å². The second kappa shape index (κ2) is 8.42. The summed E-state index contributed by atoms with van der Waals surface area (Å²) in [5.41, 5.74) is 0. The smallest absolute Gasteiger partial charge is 0.110 e. The maximum atomic E-state index is 4.40. The average molecular weight is 182 g/mol. The number of hydrogen-bond acceptors (Lipinski definition) is 3.